The van der Waals surface area contributed by atoms with Crippen LogP contribution in [0.4, 0.5) is 0 Å². The number of carbonyl (C=O) groups is 1. The van der Waals surface area contributed by atoms with E-state index in [1.807, 2.05) is 13.8 Å². The normalized spacial score (nSPS) is 12.5. The number of benzene rings is 1. The molecule has 25 heavy (non-hydrogen) atoms. The van der Waals surface area contributed by atoms with Gasteiger partial charge < -0.3 is 10.4 Å². The lowest BCUT2D eigenvalue weighted by Gasteiger charge is -2.17. The van der Waals surface area contributed by atoms with Gasteiger partial charge in [0.2, 0.25) is 0 Å². The molecule has 2 N–H and O–H groups in total. The summed E-state index contributed by atoms with van der Waals surface area (Å²) in [6.07, 6.45) is 2.61. The van der Waals surface area contributed by atoms with Crippen LogP contribution < -0.4 is 10.9 Å². The molecule has 0 spiro atoms. The molecule has 1 heterocycles. The third-order valence-electron chi connectivity index (χ3n) is 4.32. The van der Waals surface area contributed by atoms with Gasteiger partial charge in [-0.3, -0.25) is 9.59 Å². The van der Waals surface area contributed by atoms with Crippen molar-refractivity contribution in [3.8, 4) is 0 Å². The smallest absolute Gasteiger partial charge is 0.274 e. The van der Waals surface area contributed by atoms with Crippen molar-refractivity contribution < 1.29 is 9.90 Å². The van der Waals surface area contributed by atoms with E-state index in [1.165, 1.54) is 4.68 Å². The number of fused-ring (bicyclic) bond motifs is 1. The zero-order valence-electron chi connectivity index (χ0n) is 15.2. The van der Waals surface area contributed by atoms with E-state index in [-0.39, 0.29) is 35.7 Å². The largest absolute Gasteiger partial charge is 0.396 e. The van der Waals surface area contributed by atoms with Crippen molar-refractivity contribution in [2.45, 2.75) is 46.1 Å². The molecule has 0 saturated carbocycles. The second-order valence-corrected chi connectivity index (χ2v) is 6.61. The van der Waals surface area contributed by atoms with E-state index < -0.39 is 0 Å². The van der Waals surface area contributed by atoms with Crippen LogP contribution in [0.15, 0.2) is 29.1 Å². The summed E-state index contributed by atoms with van der Waals surface area (Å²) >= 11 is 0. The van der Waals surface area contributed by atoms with Gasteiger partial charge in [0.1, 0.15) is 0 Å². The number of carbonyl (C=O) groups excluding carboxylic acids is 1. The van der Waals surface area contributed by atoms with Crippen molar-refractivity contribution in [3.05, 3.63) is 40.3 Å². The minimum atomic E-state index is -0.287. The molecule has 0 aliphatic heterocycles. The molecule has 0 bridgehead atoms. The SMILES string of the molecule is CCCC(CCO)CNC(=O)c1nn(C(C)C)c(=O)c2ccccc12. The molecule has 6 heteroatoms. The number of rotatable bonds is 8. The van der Waals surface area contributed by atoms with Crippen LogP contribution in [0.5, 0.6) is 0 Å². The molecular weight excluding hydrogens is 318 g/mol. The highest BCUT2D eigenvalue weighted by molar-refractivity contribution is 6.04. The van der Waals surface area contributed by atoms with Crippen LogP contribution in [0.2, 0.25) is 0 Å². The molecular formula is C19H27N3O3. The molecule has 0 saturated heterocycles. The number of nitrogens with one attached hydrogen (secondary N) is 1. The standard InChI is InChI=1S/C19H27N3O3/c1-4-7-14(10-11-23)12-20-18(24)17-15-8-5-6-9-16(15)19(25)22(21-17)13(2)3/h5-6,8-9,13-14,23H,4,7,10-12H2,1-3H3,(H,20,24). The Labute approximate surface area is 147 Å². The summed E-state index contributed by atoms with van der Waals surface area (Å²) in [6, 6.07) is 6.92. The second-order valence-electron chi connectivity index (χ2n) is 6.61. The second kappa shape index (κ2) is 8.76. The molecule has 2 rings (SSSR count). The molecule has 1 amide bonds. The first kappa shape index (κ1) is 19.1. The first-order chi connectivity index (χ1) is 12.0. The van der Waals surface area contributed by atoms with Gasteiger partial charge in [0.05, 0.1) is 11.4 Å². The van der Waals surface area contributed by atoms with Crippen molar-refractivity contribution in [1.82, 2.24) is 15.1 Å². The fourth-order valence-electron chi connectivity index (χ4n) is 2.98. The van der Waals surface area contributed by atoms with Gasteiger partial charge in [0.25, 0.3) is 11.5 Å². The molecule has 0 aliphatic rings. The Morgan fingerprint density at radius 1 is 1.24 bits per heavy atom. The molecule has 1 aromatic carbocycles. The van der Waals surface area contributed by atoms with Crippen molar-refractivity contribution in [3.63, 3.8) is 0 Å². The number of aliphatic hydroxyl groups excluding tert-OH is 1. The van der Waals surface area contributed by atoms with Gasteiger partial charge in [0.15, 0.2) is 5.69 Å². The topological polar surface area (TPSA) is 84.2 Å². The molecule has 6 nitrogen and oxygen atoms in total. The van der Waals surface area contributed by atoms with Gasteiger partial charge in [-0.2, -0.15) is 5.10 Å². The third-order valence-corrected chi connectivity index (χ3v) is 4.32. The summed E-state index contributed by atoms with van der Waals surface area (Å²) < 4.78 is 1.36. The van der Waals surface area contributed by atoms with Gasteiger partial charge in [-0.15, -0.1) is 0 Å². The highest BCUT2D eigenvalue weighted by Crippen LogP contribution is 2.15. The lowest BCUT2D eigenvalue weighted by molar-refractivity contribution is 0.0937. The maximum atomic E-state index is 12.7. The van der Waals surface area contributed by atoms with Crippen molar-refractivity contribution in [2.24, 2.45) is 5.92 Å². The minimum Gasteiger partial charge on any atom is -0.396 e. The molecule has 2 aromatic rings. The monoisotopic (exact) mass is 345 g/mol. The maximum absolute atomic E-state index is 12.7. The van der Waals surface area contributed by atoms with Crippen LogP contribution in [0.1, 0.15) is 56.6 Å². The van der Waals surface area contributed by atoms with Crippen molar-refractivity contribution in [1.29, 1.82) is 0 Å². The molecule has 0 aliphatic carbocycles. The van der Waals surface area contributed by atoms with E-state index in [9.17, 15) is 9.59 Å². The number of hydrogen-bond acceptors (Lipinski definition) is 4. The Bertz CT molecular complexity index is 777. The predicted octanol–water partition coefficient (Wildman–Crippen LogP) is 2.51. The molecule has 0 radical (unpaired) electrons. The molecule has 1 aromatic heterocycles. The summed E-state index contributed by atoms with van der Waals surface area (Å²) in [4.78, 5) is 25.2. The van der Waals surface area contributed by atoms with Crippen LogP contribution in [-0.2, 0) is 0 Å². The van der Waals surface area contributed by atoms with Gasteiger partial charge in [-0.25, -0.2) is 4.68 Å². The van der Waals surface area contributed by atoms with Crippen LogP contribution in [0.3, 0.4) is 0 Å². The number of aliphatic hydroxyl groups is 1. The van der Waals surface area contributed by atoms with E-state index in [4.69, 9.17) is 5.11 Å². The first-order valence-electron chi connectivity index (χ1n) is 8.90. The number of amides is 1. The average Bonchev–Trinajstić information content (AvgIpc) is 2.60. The Hall–Kier alpha value is -2.21. The van der Waals surface area contributed by atoms with Gasteiger partial charge in [-0.05, 0) is 38.7 Å². The minimum absolute atomic E-state index is 0.111. The maximum Gasteiger partial charge on any atom is 0.274 e. The molecule has 0 fully saturated rings. The summed E-state index contributed by atoms with van der Waals surface area (Å²) in [7, 11) is 0. The van der Waals surface area contributed by atoms with E-state index in [2.05, 4.69) is 17.3 Å². The summed E-state index contributed by atoms with van der Waals surface area (Å²) in [5, 5.41) is 17.4. The predicted molar refractivity (Wildman–Crippen MR) is 98.8 cm³/mol. The Balaban J connectivity index is 2.34. The summed E-state index contributed by atoms with van der Waals surface area (Å²) in [6.45, 7) is 6.41. The van der Waals surface area contributed by atoms with Crippen molar-refractivity contribution in [2.75, 3.05) is 13.2 Å². The van der Waals surface area contributed by atoms with Gasteiger partial charge in [-0.1, -0.05) is 31.5 Å². The average molecular weight is 345 g/mol. The first-order valence-corrected chi connectivity index (χ1v) is 8.90. The molecule has 1 unspecified atom stereocenters. The number of nitrogens with zero attached hydrogens (tertiary/aromatic N) is 2. The van der Waals surface area contributed by atoms with E-state index in [0.29, 0.717) is 23.7 Å². The highest BCUT2D eigenvalue weighted by atomic mass is 16.3. The molecule has 136 valence electrons. The zero-order chi connectivity index (χ0) is 18.4. The van der Waals surface area contributed by atoms with Gasteiger partial charge >= 0.3 is 0 Å². The highest BCUT2D eigenvalue weighted by Gasteiger charge is 2.18. The fraction of sp³-hybridized carbons (Fsp3) is 0.526. The Morgan fingerprint density at radius 2 is 1.92 bits per heavy atom. The quantitative estimate of drug-likeness (QED) is 0.770. The van der Waals surface area contributed by atoms with Crippen LogP contribution in [0, 0.1) is 5.92 Å². The van der Waals surface area contributed by atoms with Crippen molar-refractivity contribution >= 4 is 16.7 Å². The molecule has 1 atom stereocenters. The van der Waals surface area contributed by atoms with Crippen LogP contribution in [-0.4, -0.2) is 33.9 Å². The Kier molecular flexibility index (Phi) is 6.70. The number of hydrogen-bond donors (Lipinski definition) is 2. The summed E-state index contributed by atoms with van der Waals surface area (Å²) in [5.74, 6) is -0.0501. The zero-order valence-corrected chi connectivity index (χ0v) is 15.2. The third kappa shape index (κ3) is 4.45. The van der Waals surface area contributed by atoms with E-state index in [1.54, 1.807) is 24.3 Å². The number of aromatic nitrogens is 2. The van der Waals surface area contributed by atoms with Crippen LogP contribution in [0.25, 0.3) is 10.8 Å². The Morgan fingerprint density at radius 3 is 2.52 bits per heavy atom. The fourth-order valence-corrected chi connectivity index (χ4v) is 2.98. The summed E-state index contributed by atoms with van der Waals surface area (Å²) in [5.41, 5.74) is 0.0782. The van der Waals surface area contributed by atoms with Gasteiger partial charge in [0, 0.05) is 18.5 Å². The van der Waals surface area contributed by atoms with Crippen LogP contribution >= 0.6 is 0 Å². The lowest BCUT2D eigenvalue weighted by Crippen LogP contribution is -2.34. The lowest BCUT2D eigenvalue weighted by atomic mass is 10.00. The van der Waals surface area contributed by atoms with E-state index in [0.717, 1.165) is 12.8 Å². The van der Waals surface area contributed by atoms with E-state index >= 15 is 0 Å².